The number of anilines is 2. The van der Waals surface area contributed by atoms with Crippen molar-refractivity contribution >= 4 is 11.4 Å². The van der Waals surface area contributed by atoms with Crippen LogP contribution in [-0.2, 0) is 0 Å². The fraction of sp³-hybridized carbons (Fsp3) is 0.625. The second-order valence-electron chi connectivity index (χ2n) is 5.24. The van der Waals surface area contributed by atoms with Crippen LogP contribution in [0.2, 0.25) is 0 Å². The summed E-state index contributed by atoms with van der Waals surface area (Å²) >= 11 is 0. The molecule has 0 saturated heterocycles. The molecule has 0 spiro atoms. The summed E-state index contributed by atoms with van der Waals surface area (Å²) in [5.41, 5.74) is 2.77. The second kappa shape index (κ2) is 7.39. The van der Waals surface area contributed by atoms with Crippen molar-refractivity contribution in [2.75, 3.05) is 36.2 Å². The highest BCUT2D eigenvalue weighted by Gasteiger charge is 2.23. The van der Waals surface area contributed by atoms with Crippen LogP contribution in [0.25, 0.3) is 0 Å². The Morgan fingerprint density at radius 2 is 1.58 bits per heavy atom. The molecule has 0 saturated carbocycles. The first kappa shape index (κ1) is 14.2. The van der Waals surface area contributed by atoms with Crippen LogP contribution in [0.4, 0.5) is 11.4 Å². The number of rotatable bonds is 8. The Hall–Kier alpha value is -1.22. The van der Waals surface area contributed by atoms with Gasteiger partial charge in [-0.25, -0.2) is 0 Å². The van der Waals surface area contributed by atoms with Gasteiger partial charge in [0.05, 0.1) is 18.0 Å². The number of benzene rings is 1. The second-order valence-corrected chi connectivity index (χ2v) is 5.24. The molecule has 106 valence electrons. The summed E-state index contributed by atoms with van der Waals surface area (Å²) in [6.45, 7) is 5.81. The number of aliphatic hydroxyl groups excluding tert-OH is 1. The van der Waals surface area contributed by atoms with Gasteiger partial charge in [0.25, 0.3) is 0 Å². The van der Waals surface area contributed by atoms with E-state index in [0.29, 0.717) is 6.61 Å². The van der Waals surface area contributed by atoms with Crippen LogP contribution in [0.1, 0.15) is 39.0 Å². The Bertz CT molecular complexity index is 381. The summed E-state index contributed by atoms with van der Waals surface area (Å²) in [7, 11) is 0. The number of para-hydroxylation sites is 2. The number of fused-ring (bicyclic) bond motifs is 1. The third-order valence-electron chi connectivity index (χ3n) is 3.87. The van der Waals surface area contributed by atoms with Crippen LogP contribution >= 0.6 is 0 Å². The third-order valence-corrected chi connectivity index (χ3v) is 3.87. The highest BCUT2D eigenvalue weighted by Crippen LogP contribution is 2.35. The lowest BCUT2D eigenvalue weighted by atomic mass is 10.1. The van der Waals surface area contributed by atoms with E-state index in [2.05, 4.69) is 41.0 Å². The van der Waals surface area contributed by atoms with Crippen LogP contribution in [-0.4, -0.2) is 31.5 Å². The lowest BCUT2D eigenvalue weighted by molar-refractivity contribution is 0.282. The molecule has 0 aromatic heterocycles. The van der Waals surface area contributed by atoms with Gasteiger partial charge in [0.2, 0.25) is 0 Å². The number of unbranched alkanes of at least 4 members (excludes halogenated alkanes) is 4. The smallest absolute Gasteiger partial charge is 0.0904 e. The summed E-state index contributed by atoms with van der Waals surface area (Å²) in [4.78, 5) is 4.92. The first-order valence-corrected chi connectivity index (χ1v) is 7.56. The van der Waals surface area contributed by atoms with Gasteiger partial charge >= 0.3 is 0 Å². The van der Waals surface area contributed by atoms with E-state index in [1.165, 1.54) is 30.6 Å². The Morgan fingerprint density at radius 3 is 2.26 bits per heavy atom. The first-order valence-electron chi connectivity index (χ1n) is 7.56. The van der Waals surface area contributed by atoms with Gasteiger partial charge < -0.3 is 14.9 Å². The molecule has 0 radical (unpaired) electrons. The van der Waals surface area contributed by atoms with Gasteiger partial charge in [-0.15, -0.1) is 0 Å². The SMILES string of the molecule is CCN1CN(CCCCCCCO)c2ccccc21. The minimum atomic E-state index is 0.338. The topological polar surface area (TPSA) is 26.7 Å². The van der Waals surface area contributed by atoms with E-state index in [4.69, 9.17) is 5.11 Å². The minimum absolute atomic E-state index is 0.338. The average Bonchev–Trinajstić information content (AvgIpc) is 2.81. The van der Waals surface area contributed by atoms with Crippen molar-refractivity contribution in [3.05, 3.63) is 24.3 Å². The number of aliphatic hydroxyl groups is 1. The van der Waals surface area contributed by atoms with Crippen LogP contribution in [0.3, 0.4) is 0 Å². The molecule has 2 rings (SSSR count). The van der Waals surface area contributed by atoms with E-state index in [1.54, 1.807) is 0 Å². The summed E-state index contributed by atoms with van der Waals surface area (Å²) in [5.74, 6) is 0. The maximum absolute atomic E-state index is 8.75. The van der Waals surface area contributed by atoms with Gasteiger partial charge in [0.1, 0.15) is 0 Å². The fourth-order valence-corrected chi connectivity index (χ4v) is 2.76. The molecule has 1 N–H and O–H groups in total. The number of nitrogens with zero attached hydrogens (tertiary/aromatic N) is 2. The molecule has 1 aromatic rings. The van der Waals surface area contributed by atoms with E-state index in [9.17, 15) is 0 Å². The van der Waals surface area contributed by atoms with Crippen LogP contribution < -0.4 is 9.80 Å². The molecule has 1 aliphatic rings. The molecule has 19 heavy (non-hydrogen) atoms. The van der Waals surface area contributed by atoms with Crippen LogP contribution in [0, 0.1) is 0 Å². The van der Waals surface area contributed by atoms with Crippen molar-refractivity contribution < 1.29 is 5.11 Å². The standard InChI is InChI=1S/C16H26N2O/c1-2-17-14-18(12-8-4-3-5-9-13-19)16-11-7-6-10-15(16)17/h6-7,10-11,19H,2-5,8-9,12-14H2,1H3. The van der Waals surface area contributed by atoms with Crippen molar-refractivity contribution in [3.8, 4) is 0 Å². The van der Waals surface area contributed by atoms with E-state index in [1.807, 2.05) is 0 Å². The molecule has 0 atom stereocenters. The monoisotopic (exact) mass is 262 g/mol. The summed E-state index contributed by atoms with van der Waals surface area (Å²) < 4.78 is 0. The molecular weight excluding hydrogens is 236 g/mol. The van der Waals surface area contributed by atoms with E-state index in [0.717, 1.165) is 32.6 Å². The quantitative estimate of drug-likeness (QED) is 0.729. The van der Waals surface area contributed by atoms with E-state index in [-0.39, 0.29) is 0 Å². The molecular formula is C16H26N2O. The van der Waals surface area contributed by atoms with Crippen molar-refractivity contribution in [3.63, 3.8) is 0 Å². The fourth-order valence-electron chi connectivity index (χ4n) is 2.76. The molecule has 1 heterocycles. The largest absolute Gasteiger partial charge is 0.396 e. The zero-order valence-electron chi connectivity index (χ0n) is 12.0. The zero-order chi connectivity index (χ0) is 13.5. The lowest BCUT2D eigenvalue weighted by Gasteiger charge is -2.20. The zero-order valence-corrected chi connectivity index (χ0v) is 12.0. The average molecular weight is 262 g/mol. The third kappa shape index (κ3) is 3.63. The van der Waals surface area contributed by atoms with Gasteiger partial charge in [0, 0.05) is 19.7 Å². The van der Waals surface area contributed by atoms with Gasteiger partial charge in [-0.05, 0) is 31.9 Å². The molecule has 0 unspecified atom stereocenters. The molecule has 1 aliphatic heterocycles. The van der Waals surface area contributed by atoms with Gasteiger partial charge in [-0.3, -0.25) is 0 Å². The summed E-state index contributed by atoms with van der Waals surface area (Å²) in [5, 5.41) is 8.75. The van der Waals surface area contributed by atoms with Crippen molar-refractivity contribution in [2.45, 2.75) is 39.0 Å². The molecule has 3 heteroatoms. The molecule has 1 aromatic carbocycles. The van der Waals surface area contributed by atoms with E-state index < -0.39 is 0 Å². The molecule has 0 aliphatic carbocycles. The highest BCUT2D eigenvalue weighted by molar-refractivity contribution is 5.76. The normalized spacial score (nSPS) is 14.0. The van der Waals surface area contributed by atoms with Crippen molar-refractivity contribution in [1.82, 2.24) is 0 Å². The molecule has 3 nitrogen and oxygen atoms in total. The van der Waals surface area contributed by atoms with Gasteiger partial charge in [0.15, 0.2) is 0 Å². The highest BCUT2D eigenvalue weighted by atomic mass is 16.2. The Labute approximate surface area is 116 Å². The first-order chi connectivity index (χ1) is 9.36. The van der Waals surface area contributed by atoms with Gasteiger partial charge in [-0.1, -0.05) is 31.4 Å². The maximum atomic E-state index is 8.75. The summed E-state index contributed by atoms with van der Waals surface area (Å²) in [6.07, 6.45) is 5.87. The van der Waals surface area contributed by atoms with Crippen molar-refractivity contribution in [2.24, 2.45) is 0 Å². The predicted octanol–water partition coefficient (Wildman–Crippen LogP) is 3.23. The predicted molar refractivity (Wildman–Crippen MR) is 81.8 cm³/mol. The molecule has 0 fully saturated rings. The van der Waals surface area contributed by atoms with Crippen molar-refractivity contribution in [1.29, 1.82) is 0 Å². The minimum Gasteiger partial charge on any atom is -0.396 e. The van der Waals surface area contributed by atoms with E-state index >= 15 is 0 Å². The van der Waals surface area contributed by atoms with Gasteiger partial charge in [-0.2, -0.15) is 0 Å². The Balaban J connectivity index is 1.79. The Morgan fingerprint density at radius 1 is 0.947 bits per heavy atom. The number of hydrogen-bond donors (Lipinski definition) is 1. The number of hydrogen-bond acceptors (Lipinski definition) is 3. The molecule has 0 bridgehead atoms. The van der Waals surface area contributed by atoms with Crippen LogP contribution in [0.5, 0.6) is 0 Å². The van der Waals surface area contributed by atoms with Crippen LogP contribution in [0.15, 0.2) is 24.3 Å². The molecule has 0 amide bonds. The lowest BCUT2D eigenvalue weighted by Crippen LogP contribution is -2.31. The maximum Gasteiger partial charge on any atom is 0.0904 e. The summed E-state index contributed by atoms with van der Waals surface area (Å²) in [6, 6.07) is 8.71. The Kier molecular flexibility index (Phi) is 5.52.